The maximum Gasteiger partial charge on any atom is 0.418 e. The molecule has 10 heteroatoms. The van der Waals surface area contributed by atoms with E-state index in [-0.39, 0.29) is 20.8 Å². The average molecular weight is 474 g/mol. The van der Waals surface area contributed by atoms with Gasteiger partial charge >= 0.3 is 6.18 Å². The van der Waals surface area contributed by atoms with Gasteiger partial charge < -0.3 is 10.2 Å². The van der Waals surface area contributed by atoms with Crippen molar-refractivity contribution in [1.82, 2.24) is 9.29 Å². The molecule has 1 aliphatic rings. The van der Waals surface area contributed by atoms with E-state index in [0.717, 1.165) is 0 Å². The molecule has 0 spiro atoms. The molecular formula is C21H23ClF3N3O2S. The molecule has 1 aromatic heterocycles. The SMILES string of the molecule is CC.O=S(=O)(c1cccc(Cl)c1)n1cc(C(F)(F)F)c2c(N3CCNCC3)cccc21. The van der Waals surface area contributed by atoms with Gasteiger partial charge in [0.2, 0.25) is 0 Å². The number of nitrogens with zero attached hydrogens (tertiary/aromatic N) is 2. The van der Waals surface area contributed by atoms with Crippen molar-refractivity contribution in [3.05, 3.63) is 59.2 Å². The summed E-state index contributed by atoms with van der Waals surface area (Å²) in [5.41, 5.74) is -0.628. The first-order valence-corrected chi connectivity index (χ1v) is 11.7. The monoisotopic (exact) mass is 473 g/mol. The largest absolute Gasteiger partial charge is 0.418 e. The number of nitrogens with one attached hydrogen (secondary N) is 1. The van der Waals surface area contributed by atoms with Crippen molar-refractivity contribution >= 4 is 38.2 Å². The Kier molecular flexibility index (Phi) is 6.88. The van der Waals surface area contributed by atoms with Gasteiger partial charge in [-0.25, -0.2) is 12.4 Å². The molecule has 5 nitrogen and oxygen atoms in total. The number of rotatable bonds is 3. The predicted octanol–water partition coefficient (Wildman–Crippen LogP) is 4.99. The summed E-state index contributed by atoms with van der Waals surface area (Å²) >= 11 is 5.89. The molecular weight excluding hydrogens is 451 g/mol. The summed E-state index contributed by atoms with van der Waals surface area (Å²) in [5.74, 6) is 0. The summed E-state index contributed by atoms with van der Waals surface area (Å²) in [7, 11) is -4.27. The van der Waals surface area contributed by atoms with Gasteiger partial charge in [0.1, 0.15) is 0 Å². The minimum absolute atomic E-state index is 0.0201. The summed E-state index contributed by atoms with van der Waals surface area (Å²) in [6.45, 7) is 6.34. The molecule has 168 valence electrons. The van der Waals surface area contributed by atoms with E-state index >= 15 is 0 Å². The first kappa shape index (κ1) is 23.4. The number of alkyl halides is 3. The normalized spacial score (nSPS) is 15.0. The van der Waals surface area contributed by atoms with Crippen molar-refractivity contribution < 1.29 is 21.6 Å². The number of piperazine rings is 1. The fourth-order valence-corrected chi connectivity index (χ4v) is 5.23. The molecule has 1 fully saturated rings. The highest BCUT2D eigenvalue weighted by molar-refractivity contribution is 7.90. The van der Waals surface area contributed by atoms with E-state index in [0.29, 0.717) is 42.0 Å². The highest BCUT2D eigenvalue weighted by Gasteiger charge is 2.38. The Bertz CT molecular complexity index is 1170. The zero-order chi connectivity index (χ0) is 22.8. The molecule has 0 unspecified atom stereocenters. The van der Waals surface area contributed by atoms with Gasteiger partial charge in [-0.2, -0.15) is 13.2 Å². The van der Waals surface area contributed by atoms with E-state index in [9.17, 15) is 21.6 Å². The molecule has 3 aromatic rings. The molecule has 0 amide bonds. The Morgan fingerprint density at radius 3 is 2.29 bits per heavy atom. The molecule has 1 N–H and O–H groups in total. The molecule has 0 aliphatic carbocycles. The third-order valence-electron chi connectivity index (χ3n) is 4.89. The van der Waals surface area contributed by atoms with Gasteiger partial charge in [-0.3, -0.25) is 0 Å². The van der Waals surface area contributed by atoms with Crippen LogP contribution in [0.25, 0.3) is 10.9 Å². The number of hydrogen-bond donors (Lipinski definition) is 1. The minimum Gasteiger partial charge on any atom is -0.368 e. The number of anilines is 1. The Hall–Kier alpha value is -2.23. The van der Waals surface area contributed by atoms with Crippen LogP contribution in [0, 0.1) is 0 Å². The van der Waals surface area contributed by atoms with Gasteiger partial charge in [-0.15, -0.1) is 0 Å². The smallest absolute Gasteiger partial charge is 0.368 e. The van der Waals surface area contributed by atoms with Crippen LogP contribution < -0.4 is 10.2 Å². The summed E-state index contributed by atoms with van der Waals surface area (Å²) in [6.07, 6.45) is -4.05. The Morgan fingerprint density at radius 1 is 1.03 bits per heavy atom. The number of benzene rings is 2. The summed E-state index contributed by atoms with van der Waals surface area (Å²) in [4.78, 5) is 1.66. The lowest BCUT2D eigenvalue weighted by molar-refractivity contribution is -0.136. The average Bonchev–Trinajstić information content (AvgIpc) is 3.17. The third-order valence-corrected chi connectivity index (χ3v) is 6.79. The summed E-state index contributed by atoms with van der Waals surface area (Å²) < 4.78 is 68.6. The molecule has 2 aromatic carbocycles. The molecule has 31 heavy (non-hydrogen) atoms. The van der Waals surface area contributed by atoms with Crippen LogP contribution >= 0.6 is 11.6 Å². The van der Waals surface area contributed by atoms with Crippen molar-refractivity contribution in [2.75, 3.05) is 31.1 Å². The zero-order valence-electron chi connectivity index (χ0n) is 17.1. The maximum atomic E-state index is 13.9. The Morgan fingerprint density at radius 2 is 1.68 bits per heavy atom. The van der Waals surface area contributed by atoms with Crippen molar-refractivity contribution in [2.24, 2.45) is 0 Å². The van der Waals surface area contributed by atoms with Gasteiger partial charge in [-0.1, -0.05) is 37.6 Å². The van der Waals surface area contributed by atoms with Gasteiger partial charge in [0, 0.05) is 48.5 Å². The zero-order valence-corrected chi connectivity index (χ0v) is 18.7. The van der Waals surface area contributed by atoms with Gasteiger partial charge in [0.25, 0.3) is 10.0 Å². The van der Waals surface area contributed by atoms with Crippen LogP contribution in [0.2, 0.25) is 5.02 Å². The second-order valence-electron chi connectivity index (χ2n) is 6.71. The second-order valence-corrected chi connectivity index (χ2v) is 8.96. The van der Waals surface area contributed by atoms with Crippen molar-refractivity contribution in [3.8, 4) is 0 Å². The molecule has 1 aliphatic heterocycles. The Balaban J connectivity index is 0.00000132. The third kappa shape index (κ3) is 4.53. The quantitative estimate of drug-likeness (QED) is 0.582. The van der Waals surface area contributed by atoms with Crippen LogP contribution in [0.5, 0.6) is 0 Å². The number of halogens is 4. The molecule has 0 bridgehead atoms. The van der Waals surface area contributed by atoms with Gasteiger partial charge in [0.15, 0.2) is 0 Å². The van der Waals surface area contributed by atoms with Crippen LogP contribution in [0.15, 0.2) is 53.6 Å². The first-order chi connectivity index (χ1) is 14.7. The maximum absolute atomic E-state index is 13.9. The Labute approximate surface area is 184 Å². The lowest BCUT2D eigenvalue weighted by Gasteiger charge is -2.30. The minimum atomic E-state index is -4.71. The lowest BCUT2D eigenvalue weighted by atomic mass is 10.1. The topological polar surface area (TPSA) is 54.3 Å². The fourth-order valence-electron chi connectivity index (χ4n) is 3.56. The van der Waals surface area contributed by atoms with Crippen LogP contribution in [0.4, 0.5) is 18.9 Å². The molecule has 4 rings (SSSR count). The summed E-state index contributed by atoms with van der Waals surface area (Å²) in [6, 6.07) is 10.0. The molecule has 0 radical (unpaired) electrons. The van der Waals surface area contributed by atoms with E-state index in [1.165, 1.54) is 30.3 Å². The number of hydrogen-bond acceptors (Lipinski definition) is 4. The fraction of sp³-hybridized carbons (Fsp3) is 0.333. The highest BCUT2D eigenvalue weighted by atomic mass is 35.5. The molecule has 0 saturated carbocycles. The van der Waals surface area contributed by atoms with Gasteiger partial charge in [0.05, 0.1) is 16.0 Å². The predicted molar refractivity (Wildman–Crippen MR) is 117 cm³/mol. The van der Waals surface area contributed by atoms with E-state index in [1.807, 2.05) is 18.7 Å². The molecule has 1 saturated heterocycles. The van der Waals surface area contributed by atoms with E-state index < -0.39 is 21.8 Å². The van der Waals surface area contributed by atoms with Crippen molar-refractivity contribution in [2.45, 2.75) is 24.9 Å². The van der Waals surface area contributed by atoms with E-state index in [2.05, 4.69) is 5.32 Å². The van der Waals surface area contributed by atoms with Gasteiger partial charge in [-0.05, 0) is 30.3 Å². The first-order valence-electron chi connectivity index (χ1n) is 9.87. The van der Waals surface area contributed by atoms with Crippen LogP contribution in [0.1, 0.15) is 19.4 Å². The number of aromatic nitrogens is 1. The standard InChI is InChI=1S/C19H17ClF3N3O2S.C2H6/c20-13-3-1-4-14(11-13)29(27,28)26-12-15(19(21,22)23)18-16(5-2-6-17(18)26)25-9-7-24-8-10-25;1-2/h1-6,11-12,24H,7-10H2;1-2H3. The van der Waals surface area contributed by atoms with Crippen LogP contribution in [0.3, 0.4) is 0 Å². The summed E-state index contributed by atoms with van der Waals surface area (Å²) in [5, 5.41) is 3.22. The van der Waals surface area contributed by atoms with E-state index in [1.54, 1.807) is 12.1 Å². The molecule has 2 heterocycles. The van der Waals surface area contributed by atoms with Crippen molar-refractivity contribution in [1.29, 1.82) is 0 Å². The van der Waals surface area contributed by atoms with Crippen LogP contribution in [-0.4, -0.2) is 38.6 Å². The van der Waals surface area contributed by atoms with E-state index in [4.69, 9.17) is 11.6 Å². The highest BCUT2D eigenvalue weighted by Crippen LogP contribution is 2.42. The molecule has 0 atom stereocenters. The lowest BCUT2D eigenvalue weighted by Crippen LogP contribution is -2.43. The van der Waals surface area contributed by atoms with Crippen molar-refractivity contribution in [3.63, 3.8) is 0 Å². The number of fused-ring (bicyclic) bond motifs is 1. The second kappa shape index (κ2) is 9.10. The van der Waals surface area contributed by atoms with Crippen LogP contribution in [-0.2, 0) is 16.2 Å².